The normalized spacial score (nSPS) is 18.5. The Hall–Kier alpha value is -1.72. The summed E-state index contributed by atoms with van der Waals surface area (Å²) in [4.78, 5) is 17.4. The van der Waals surface area contributed by atoms with Gasteiger partial charge in [0.2, 0.25) is 5.88 Å². The molecule has 0 unspecified atom stereocenters. The van der Waals surface area contributed by atoms with Crippen molar-refractivity contribution in [1.82, 2.24) is 9.88 Å². The first-order valence-corrected chi connectivity index (χ1v) is 5.69. The molecule has 1 aliphatic heterocycles. The van der Waals surface area contributed by atoms with Gasteiger partial charge in [0.25, 0.3) is 11.8 Å². The summed E-state index contributed by atoms with van der Waals surface area (Å²) < 4.78 is 30.8. The lowest BCUT2D eigenvalue weighted by Crippen LogP contribution is -2.42. The number of carbonyl (C=O) groups excluding carboxylic acids is 1. The number of nitrogens with zero attached hydrogens (tertiary/aromatic N) is 2. The number of rotatable bonds is 2. The third kappa shape index (κ3) is 2.75. The monoisotopic (exact) mass is 256 g/mol. The Morgan fingerprint density at radius 2 is 2.06 bits per heavy atom. The van der Waals surface area contributed by atoms with Gasteiger partial charge in [-0.15, -0.1) is 0 Å². The second-order valence-corrected chi connectivity index (χ2v) is 4.24. The largest absolute Gasteiger partial charge is 0.481 e. The van der Waals surface area contributed by atoms with Gasteiger partial charge in [-0.2, -0.15) is 0 Å². The number of amides is 1. The molecule has 0 N–H and O–H groups in total. The molecule has 1 aromatic rings. The van der Waals surface area contributed by atoms with E-state index in [0.29, 0.717) is 11.4 Å². The number of piperidine rings is 1. The molecule has 1 amide bonds. The predicted molar refractivity (Wildman–Crippen MR) is 60.9 cm³/mol. The maximum Gasteiger partial charge on any atom is 0.255 e. The van der Waals surface area contributed by atoms with Crippen molar-refractivity contribution in [2.75, 3.05) is 20.2 Å². The zero-order valence-electron chi connectivity index (χ0n) is 10.0. The molecular weight excluding hydrogens is 242 g/mol. The molecule has 2 rings (SSSR count). The first-order valence-electron chi connectivity index (χ1n) is 5.69. The summed E-state index contributed by atoms with van der Waals surface area (Å²) >= 11 is 0. The highest BCUT2D eigenvalue weighted by molar-refractivity contribution is 5.94. The molecule has 4 nitrogen and oxygen atoms in total. The lowest BCUT2D eigenvalue weighted by Gasteiger charge is -2.31. The zero-order valence-corrected chi connectivity index (χ0v) is 10.0. The summed E-state index contributed by atoms with van der Waals surface area (Å²) in [6.07, 6.45) is 0.846. The lowest BCUT2D eigenvalue weighted by atomic mass is 10.1. The van der Waals surface area contributed by atoms with Gasteiger partial charge in [0.1, 0.15) is 0 Å². The van der Waals surface area contributed by atoms with E-state index in [1.807, 2.05) is 0 Å². The van der Waals surface area contributed by atoms with Gasteiger partial charge >= 0.3 is 0 Å². The lowest BCUT2D eigenvalue weighted by molar-refractivity contribution is -0.0494. The Balaban J connectivity index is 2.03. The van der Waals surface area contributed by atoms with Crippen molar-refractivity contribution in [1.29, 1.82) is 0 Å². The number of pyridine rings is 1. The molecule has 2 heterocycles. The van der Waals surface area contributed by atoms with E-state index in [1.54, 1.807) is 12.1 Å². The molecule has 0 spiro atoms. The number of ether oxygens (including phenoxy) is 1. The minimum Gasteiger partial charge on any atom is -0.481 e. The van der Waals surface area contributed by atoms with Crippen LogP contribution in [0.15, 0.2) is 18.3 Å². The molecule has 6 heteroatoms. The van der Waals surface area contributed by atoms with Crippen LogP contribution in [-0.2, 0) is 0 Å². The maximum absolute atomic E-state index is 13.0. The molecule has 1 fully saturated rings. The summed E-state index contributed by atoms with van der Waals surface area (Å²) in [5.74, 6) is -2.49. The predicted octanol–water partition coefficient (Wildman–Crippen LogP) is 1.96. The van der Waals surface area contributed by atoms with Crippen molar-refractivity contribution in [3.8, 4) is 5.88 Å². The highest BCUT2D eigenvalue weighted by Crippen LogP contribution is 2.28. The van der Waals surface area contributed by atoms with Crippen molar-refractivity contribution >= 4 is 5.91 Å². The number of likely N-dealkylation sites (tertiary alicyclic amines) is 1. The summed E-state index contributed by atoms with van der Waals surface area (Å²) in [5.41, 5.74) is 0.390. The summed E-state index contributed by atoms with van der Waals surface area (Å²) in [6.45, 7) is 0.162. The van der Waals surface area contributed by atoms with Crippen LogP contribution in [-0.4, -0.2) is 41.9 Å². The minimum atomic E-state index is -2.64. The summed E-state index contributed by atoms with van der Waals surface area (Å²) in [6, 6.07) is 3.16. The van der Waals surface area contributed by atoms with Gasteiger partial charge in [0.05, 0.1) is 12.7 Å². The second-order valence-electron chi connectivity index (χ2n) is 4.24. The van der Waals surface area contributed by atoms with E-state index in [-0.39, 0.29) is 31.8 Å². The van der Waals surface area contributed by atoms with E-state index in [2.05, 4.69) is 4.98 Å². The molecule has 1 saturated heterocycles. The molecular formula is C12H14F2N2O2. The van der Waals surface area contributed by atoms with Crippen LogP contribution in [0.4, 0.5) is 8.78 Å². The van der Waals surface area contributed by atoms with Crippen LogP contribution in [0.25, 0.3) is 0 Å². The number of alkyl halides is 2. The Bertz CT molecular complexity index is 424. The van der Waals surface area contributed by atoms with Gasteiger partial charge in [-0.3, -0.25) is 4.79 Å². The fraction of sp³-hybridized carbons (Fsp3) is 0.500. The van der Waals surface area contributed by atoms with Gasteiger partial charge in [0.15, 0.2) is 0 Å². The van der Waals surface area contributed by atoms with Gasteiger partial charge in [-0.05, 0) is 6.07 Å². The van der Waals surface area contributed by atoms with E-state index in [1.165, 1.54) is 18.2 Å². The van der Waals surface area contributed by atoms with Crippen LogP contribution in [0.2, 0.25) is 0 Å². The van der Waals surface area contributed by atoms with E-state index in [0.717, 1.165) is 0 Å². The average molecular weight is 256 g/mol. The first-order chi connectivity index (χ1) is 8.52. The van der Waals surface area contributed by atoms with Crippen LogP contribution in [0.5, 0.6) is 5.88 Å². The number of halogens is 2. The number of aromatic nitrogens is 1. The highest BCUT2D eigenvalue weighted by Gasteiger charge is 2.35. The molecule has 0 aliphatic carbocycles. The third-order valence-electron chi connectivity index (χ3n) is 2.97. The summed E-state index contributed by atoms with van der Waals surface area (Å²) in [5, 5.41) is 0. The number of hydrogen-bond donors (Lipinski definition) is 0. The Morgan fingerprint density at radius 3 is 2.56 bits per heavy atom. The fourth-order valence-electron chi connectivity index (χ4n) is 1.85. The highest BCUT2D eigenvalue weighted by atomic mass is 19.3. The number of methoxy groups -OCH3 is 1. The second kappa shape index (κ2) is 4.88. The topological polar surface area (TPSA) is 42.4 Å². The van der Waals surface area contributed by atoms with E-state index in [4.69, 9.17) is 4.74 Å². The standard InChI is InChI=1S/C12H14F2N2O2/c1-18-10-3-2-9(8-15-10)11(17)16-6-4-12(13,14)5-7-16/h2-3,8H,4-7H2,1H3. The fourth-order valence-corrected chi connectivity index (χ4v) is 1.85. The quantitative estimate of drug-likeness (QED) is 0.812. The first kappa shape index (κ1) is 12.7. The van der Waals surface area contributed by atoms with Crippen molar-refractivity contribution in [3.63, 3.8) is 0 Å². The molecule has 0 atom stereocenters. The molecule has 18 heavy (non-hydrogen) atoms. The van der Waals surface area contributed by atoms with Crippen LogP contribution < -0.4 is 4.74 Å². The molecule has 0 saturated carbocycles. The van der Waals surface area contributed by atoms with Crippen LogP contribution in [0.1, 0.15) is 23.2 Å². The van der Waals surface area contributed by atoms with Crippen LogP contribution in [0, 0.1) is 0 Å². The molecule has 0 aromatic carbocycles. The molecule has 98 valence electrons. The number of hydrogen-bond acceptors (Lipinski definition) is 3. The summed E-state index contributed by atoms with van der Waals surface area (Å²) in [7, 11) is 1.48. The smallest absolute Gasteiger partial charge is 0.255 e. The Kier molecular flexibility index (Phi) is 3.45. The van der Waals surface area contributed by atoms with Crippen molar-refractivity contribution in [2.24, 2.45) is 0 Å². The number of carbonyl (C=O) groups is 1. The Labute approximate surface area is 104 Å². The van der Waals surface area contributed by atoms with E-state index < -0.39 is 5.92 Å². The Morgan fingerprint density at radius 1 is 1.39 bits per heavy atom. The third-order valence-corrected chi connectivity index (χ3v) is 2.97. The zero-order chi connectivity index (χ0) is 13.2. The molecule has 0 radical (unpaired) electrons. The maximum atomic E-state index is 13.0. The van der Waals surface area contributed by atoms with E-state index >= 15 is 0 Å². The van der Waals surface area contributed by atoms with E-state index in [9.17, 15) is 13.6 Å². The van der Waals surface area contributed by atoms with Crippen molar-refractivity contribution < 1.29 is 18.3 Å². The van der Waals surface area contributed by atoms with Gasteiger partial charge in [0, 0.05) is 38.2 Å². The molecule has 0 bridgehead atoms. The minimum absolute atomic E-state index is 0.0812. The molecule has 1 aliphatic rings. The van der Waals surface area contributed by atoms with Crippen molar-refractivity contribution in [3.05, 3.63) is 23.9 Å². The SMILES string of the molecule is COc1ccc(C(=O)N2CCC(F)(F)CC2)cn1. The molecule has 1 aromatic heterocycles. The van der Waals surface area contributed by atoms with Crippen LogP contribution in [0.3, 0.4) is 0 Å². The average Bonchev–Trinajstić information content (AvgIpc) is 2.38. The van der Waals surface area contributed by atoms with Crippen LogP contribution >= 0.6 is 0 Å². The van der Waals surface area contributed by atoms with Crippen molar-refractivity contribution in [2.45, 2.75) is 18.8 Å². The van der Waals surface area contributed by atoms with Gasteiger partial charge in [-0.25, -0.2) is 13.8 Å². The van der Waals surface area contributed by atoms with Gasteiger partial charge in [-0.1, -0.05) is 0 Å². The van der Waals surface area contributed by atoms with Gasteiger partial charge < -0.3 is 9.64 Å².